The number of rotatable bonds is 2. The van der Waals surface area contributed by atoms with Gasteiger partial charge in [-0.05, 0) is 24.1 Å². The van der Waals surface area contributed by atoms with Gasteiger partial charge in [-0.3, -0.25) is 0 Å². The van der Waals surface area contributed by atoms with Crippen molar-refractivity contribution in [1.29, 1.82) is 0 Å². The molecule has 0 aromatic heterocycles. The lowest BCUT2D eigenvalue weighted by atomic mass is 10.2. The van der Waals surface area contributed by atoms with Crippen molar-refractivity contribution < 1.29 is 4.79 Å². The molecule has 0 saturated heterocycles. The van der Waals surface area contributed by atoms with Crippen LogP contribution in [0.1, 0.15) is 12.0 Å². The lowest BCUT2D eigenvalue weighted by Gasteiger charge is -1.92. The van der Waals surface area contributed by atoms with Crippen LogP contribution < -0.4 is 0 Å². The second kappa shape index (κ2) is 3.46. The van der Waals surface area contributed by atoms with Crippen molar-refractivity contribution >= 4 is 28.3 Å². The molecule has 1 atom stereocenters. The zero-order chi connectivity index (χ0) is 9.26. The molecule has 1 aliphatic rings. The molecule has 66 valence electrons. The molecular weight excluding hydrogens is 228 g/mol. The molecule has 1 aliphatic carbocycles. The fraction of sp³-hybridized carbons (Fsp3) is 0.182. The van der Waals surface area contributed by atoms with Gasteiger partial charge in [0, 0.05) is 10.4 Å². The molecule has 1 nitrogen and oxygen atoms in total. The van der Waals surface area contributed by atoms with E-state index >= 15 is 0 Å². The van der Waals surface area contributed by atoms with Crippen LogP contribution in [0.4, 0.5) is 0 Å². The number of carbonyl (C=O) groups is 1. The summed E-state index contributed by atoms with van der Waals surface area (Å²) >= 11 is 3.38. The first-order valence-corrected chi connectivity index (χ1v) is 5.00. The topological polar surface area (TPSA) is 17.1 Å². The van der Waals surface area contributed by atoms with Crippen LogP contribution in [-0.4, -0.2) is 6.29 Å². The van der Waals surface area contributed by atoms with Gasteiger partial charge in [-0.25, -0.2) is 0 Å². The molecule has 1 saturated carbocycles. The van der Waals surface area contributed by atoms with Gasteiger partial charge in [-0.2, -0.15) is 0 Å². The minimum Gasteiger partial charge on any atom is -0.303 e. The van der Waals surface area contributed by atoms with Crippen LogP contribution in [0.3, 0.4) is 0 Å². The van der Waals surface area contributed by atoms with Gasteiger partial charge in [0.15, 0.2) is 0 Å². The van der Waals surface area contributed by atoms with Crippen molar-refractivity contribution in [2.24, 2.45) is 5.92 Å². The summed E-state index contributed by atoms with van der Waals surface area (Å²) in [5.74, 6) is 0.198. The molecule has 2 rings (SSSR count). The Bertz CT molecular complexity index is 351. The van der Waals surface area contributed by atoms with E-state index < -0.39 is 0 Å². The normalized spacial score (nSPS) is 23.2. The van der Waals surface area contributed by atoms with Gasteiger partial charge in [0.25, 0.3) is 0 Å². The quantitative estimate of drug-likeness (QED) is 0.722. The molecule has 0 spiro atoms. The number of allylic oxidation sites excluding steroid dienone is 1. The molecule has 2 heteroatoms. The molecule has 0 bridgehead atoms. The van der Waals surface area contributed by atoms with Crippen LogP contribution >= 0.6 is 15.9 Å². The zero-order valence-corrected chi connectivity index (χ0v) is 8.62. The van der Waals surface area contributed by atoms with Crippen molar-refractivity contribution in [2.45, 2.75) is 6.42 Å². The number of carbonyl (C=O) groups excluding carboxylic acids is 1. The van der Waals surface area contributed by atoms with Crippen molar-refractivity contribution in [1.82, 2.24) is 0 Å². The SMILES string of the molecule is O=CC1C/C1=C\c1ccc(Br)cc1. The first kappa shape index (κ1) is 8.70. The van der Waals surface area contributed by atoms with E-state index in [9.17, 15) is 4.79 Å². The molecule has 1 fully saturated rings. The summed E-state index contributed by atoms with van der Waals surface area (Å²) in [7, 11) is 0. The van der Waals surface area contributed by atoms with Crippen LogP contribution in [0.15, 0.2) is 34.3 Å². The van der Waals surface area contributed by atoms with Crippen molar-refractivity contribution in [3.63, 3.8) is 0 Å². The highest BCUT2D eigenvalue weighted by molar-refractivity contribution is 9.10. The molecule has 0 radical (unpaired) electrons. The Hall–Kier alpha value is -0.890. The molecule has 13 heavy (non-hydrogen) atoms. The van der Waals surface area contributed by atoms with Gasteiger partial charge < -0.3 is 4.79 Å². The third-order valence-corrected chi connectivity index (χ3v) is 2.69. The number of hydrogen-bond donors (Lipinski definition) is 0. The third kappa shape index (κ3) is 2.07. The van der Waals surface area contributed by atoms with Crippen LogP contribution in [-0.2, 0) is 4.79 Å². The Morgan fingerprint density at radius 2 is 2.00 bits per heavy atom. The van der Waals surface area contributed by atoms with E-state index in [4.69, 9.17) is 0 Å². The first-order chi connectivity index (χ1) is 6.29. The minimum absolute atomic E-state index is 0.198. The Balaban J connectivity index is 2.15. The van der Waals surface area contributed by atoms with E-state index in [1.165, 1.54) is 11.1 Å². The van der Waals surface area contributed by atoms with Crippen LogP contribution in [0.2, 0.25) is 0 Å². The number of aldehydes is 1. The number of benzene rings is 1. The fourth-order valence-electron chi connectivity index (χ4n) is 1.27. The second-order valence-electron chi connectivity index (χ2n) is 3.22. The molecule has 0 amide bonds. The molecule has 1 aromatic rings. The predicted octanol–water partition coefficient (Wildman–Crippen LogP) is 3.05. The third-order valence-electron chi connectivity index (χ3n) is 2.16. The Morgan fingerprint density at radius 3 is 2.54 bits per heavy atom. The molecular formula is C11H9BrO. The first-order valence-electron chi connectivity index (χ1n) is 4.21. The van der Waals surface area contributed by atoms with E-state index in [0.29, 0.717) is 0 Å². The Morgan fingerprint density at radius 1 is 1.31 bits per heavy atom. The lowest BCUT2D eigenvalue weighted by Crippen LogP contribution is -1.73. The predicted molar refractivity (Wildman–Crippen MR) is 56.3 cm³/mol. The molecule has 0 aliphatic heterocycles. The van der Waals surface area contributed by atoms with Gasteiger partial charge >= 0.3 is 0 Å². The van der Waals surface area contributed by atoms with Gasteiger partial charge in [0.05, 0.1) is 0 Å². The van der Waals surface area contributed by atoms with Gasteiger partial charge in [0.1, 0.15) is 6.29 Å². The molecule has 0 N–H and O–H groups in total. The molecule has 1 unspecified atom stereocenters. The highest BCUT2D eigenvalue weighted by Gasteiger charge is 2.28. The lowest BCUT2D eigenvalue weighted by molar-refractivity contribution is -0.108. The van der Waals surface area contributed by atoms with Crippen LogP contribution in [0.25, 0.3) is 6.08 Å². The van der Waals surface area contributed by atoms with Gasteiger partial charge in [-0.1, -0.05) is 39.7 Å². The van der Waals surface area contributed by atoms with Crippen molar-refractivity contribution in [3.05, 3.63) is 39.9 Å². The van der Waals surface area contributed by atoms with Gasteiger partial charge in [-0.15, -0.1) is 0 Å². The van der Waals surface area contributed by atoms with Crippen LogP contribution in [0.5, 0.6) is 0 Å². The summed E-state index contributed by atoms with van der Waals surface area (Å²) in [4.78, 5) is 10.4. The standard InChI is InChI=1S/C11H9BrO/c12-11-3-1-8(2-4-11)5-9-6-10(9)7-13/h1-5,7,10H,6H2/b9-5+. The maximum Gasteiger partial charge on any atom is 0.127 e. The Labute approximate surface area is 85.6 Å². The monoisotopic (exact) mass is 236 g/mol. The minimum atomic E-state index is 0.198. The summed E-state index contributed by atoms with van der Waals surface area (Å²) in [5.41, 5.74) is 2.42. The van der Waals surface area contributed by atoms with E-state index in [1.54, 1.807) is 0 Å². The second-order valence-corrected chi connectivity index (χ2v) is 4.13. The maximum absolute atomic E-state index is 10.4. The summed E-state index contributed by atoms with van der Waals surface area (Å²) in [5, 5.41) is 0. The highest BCUT2D eigenvalue weighted by atomic mass is 79.9. The number of halogens is 1. The van der Waals surface area contributed by atoms with E-state index in [0.717, 1.165) is 17.2 Å². The average Bonchev–Trinajstić information content (AvgIpc) is 2.88. The molecule has 1 aromatic carbocycles. The van der Waals surface area contributed by atoms with E-state index in [2.05, 4.69) is 22.0 Å². The average molecular weight is 237 g/mol. The highest BCUT2D eigenvalue weighted by Crippen LogP contribution is 2.37. The van der Waals surface area contributed by atoms with Crippen molar-refractivity contribution in [3.8, 4) is 0 Å². The smallest absolute Gasteiger partial charge is 0.127 e. The summed E-state index contributed by atoms with van der Waals surface area (Å²) in [6.07, 6.45) is 4.05. The van der Waals surface area contributed by atoms with Crippen molar-refractivity contribution in [2.75, 3.05) is 0 Å². The summed E-state index contributed by atoms with van der Waals surface area (Å²) in [6, 6.07) is 8.09. The largest absolute Gasteiger partial charge is 0.303 e. The number of hydrogen-bond acceptors (Lipinski definition) is 1. The van der Waals surface area contributed by atoms with Crippen LogP contribution in [0, 0.1) is 5.92 Å². The summed E-state index contributed by atoms with van der Waals surface area (Å²) < 4.78 is 1.08. The van der Waals surface area contributed by atoms with E-state index in [-0.39, 0.29) is 5.92 Å². The zero-order valence-electron chi connectivity index (χ0n) is 7.03. The Kier molecular flexibility index (Phi) is 2.32. The fourth-order valence-corrected chi connectivity index (χ4v) is 1.53. The maximum atomic E-state index is 10.4. The van der Waals surface area contributed by atoms with Gasteiger partial charge in [0.2, 0.25) is 0 Å². The molecule has 0 heterocycles. The summed E-state index contributed by atoms with van der Waals surface area (Å²) in [6.45, 7) is 0. The van der Waals surface area contributed by atoms with E-state index in [1.807, 2.05) is 24.3 Å².